The Morgan fingerprint density at radius 1 is 1.26 bits per heavy atom. The van der Waals surface area contributed by atoms with Crippen molar-refractivity contribution in [2.45, 2.75) is 32.3 Å². The molecule has 4 rings (SSSR count). The number of aryl methyl sites for hydroxylation is 2. The molecule has 0 aliphatic heterocycles. The fourth-order valence-electron chi connectivity index (χ4n) is 3.39. The molecule has 2 aromatic heterocycles. The van der Waals surface area contributed by atoms with Crippen LogP contribution in [0.2, 0.25) is 0 Å². The molecule has 4 aromatic rings. The van der Waals surface area contributed by atoms with E-state index in [0.29, 0.717) is 28.7 Å². The molecule has 2 heterocycles. The monoisotopic (exact) mass is 437 g/mol. The van der Waals surface area contributed by atoms with Crippen molar-refractivity contribution in [2.75, 3.05) is 0 Å². The van der Waals surface area contributed by atoms with Crippen molar-refractivity contribution in [3.8, 4) is 28.6 Å². The Balaban J connectivity index is 1.88. The van der Waals surface area contributed by atoms with Crippen molar-refractivity contribution < 1.29 is 14.6 Å². The fraction of sp³-hybridized carbons (Fsp3) is 0.273. The molecule has 0 saturated carbocycles. The van der Waals surface area contributed by atoms with Gasteiger partial charge in [0.25, 0.3) is 0 Å². The predicted octanol–water partition coefficient (Wildman–Crippen LogP) is 3.94. The molecule has 0 amide bonds. The number of nitrogens with zero attached hydrogens (tertiary/aromatic N) is 5. The molecule has 9 heteroatoms. The first kappa shape index (κ1) is 20.9. The van der Waals surface area contributed by atoms with E-state index < -0.39 is 0 Å². The van der Waals surface area contributed by atoms with Crippen molar-refractivity contribution in [3.05, 3.63) is 42.2 Å². The molecule has 0 radical (unpaired) electrons. The molecule has 0 aliphatic carbocycles. The van der Waals surface area contributed by atoms with Crippen LogP contribution in [-0.2, 0) is 18.3 Å². The van der Waals surface area contributed by atoms with Gasteiger partial charge in [0.1, 0.15) is 17.0 Å². The van der Waals surface area contributed by atoms with E-state index in [9.17, 15) is 9.90 Å². The lowest BCUT2D eigenvalue weighted by atomic mass is 10.1. The molecule has 0 bridgehead atoms. The summed E-state index contributed by atoms with van der Waals surface area (Å²) in [5.41, 5.74) is 3.68. The highest BCUT2D eigenvalue weighted by molar-refractivity contribution is 7.80. The Kier molecular flexibility index (Phi) is 5.45. The van der Waals surface area contributed by atoms with Crippen molar-refractivity contribution in [1.29, 1.82) is 0 Å². The molecule has 0 aliphatic rings. The zero-order valence-corrected chi connectivity index (χ0v) is 18.6. The molecule has 0 unspecified atom stereocenters. The number of aromatic nitrogens is 5. The van der Waals surface area contributed by atoms with Crippen LogP contribution in [0.1, 0.15) is 26.3 Å². The van der Waals surface area contributed by atoms with Crippen molar-refractivity contribution in [2.24, 2.45) is 13.0 Å². The van der Waals surface area contributed by atoms with Gasteiger partial charge in [-0.2, -0.15) is 0 Å². The second kappa shape index (κ2) is 8.07. The summed E-state index contributed by atoms with van der Waals surface area (Å²) in [5.74, 6) is 0.0483. The number of para-hydroxylation sites is 1. The van der Waals surface area contributed by atoms with E-state index in [1.807, 2.05) is 36.7 Å². The Bertz CT molecular complexity index is 1290. The van der Waals surface area contributed by atoms with E-state index in [-0.39, 0.29) is 17.6 Å². The maximum absolute atomic E-state index is 12.1. The van der Waals surface area contributed by atoms with E-state index in [1.165, 1.54) is 6.07 Å². The third kappa shape index (κ3) is 3.65. The molecule has 0 saturated heterocycles. The van der Waals surface area contributed by atoms with Crippen LogP contribution in [0.25, 0.3) is 28.1 Å². The number of hydrogen-bond acceptors (Lipinski definition) is 7. The summed E-state index contributed by atoms with van der Waals surface area (Å²) in [6.45, 7) is 5.47. The Morgan fingerprint density at radius 3 is 2.74 bits per heavy atom. The Morgan fingerprint density at radius 2 is 2.03 bits per heavy atom. The standard InChI is InChI=1S/C22H23N5O3S/c1-5-13-9-14(17(28)10-18(13)30-21(29)12(2)3)20-24-25-22(31)27(20)16-8-6-7-15-19(16)23-11-26(15)4/h6-12,28H,5H2,1-4H3,(H,25,31). The highest BCUT2D eigenvalue weighted by Crippen LogP contribution is 2.37. The predicted molar refractivity (Wildman–Crippen MR) is 120 cm³/mol. The summed E-state index contributed by atoms with van der Waals surface area (Å²) in [5, 5.41) is 19.5. The van der Waals surface area contributed by atoms with Gasteiger partial charge in [0, 0.05) is 13.1 Å². The first-order chi connectivity index (χ1) is 14.8. The molecule has 160 valence electrons. The first-order valence-corrected chi connectivity index (χ1v) is 10.4. The zero-order chi connectivity index (χ0) is 22.3. The smallest absolute Gasteiger partial charge is 0.313 e. The van der Waals surface area contributed by atoms with E-state index >= 15 is 0 Å². The molecule has 0 spiro atoms. The molecular weight excluding hydrogens is 414 g/mol. The van der Waals surface area contributed by atoms with Crippen molar-refractivity contribution in [3.63, 3.8) is 0 Å². The molecule has 31 heavy (non-hydrogen) atoms. The number of imidazole rings is 1. The summed E-state index contributed by atoms with van der Waals surface area (Å²) < 4.78 is 9.15. The van der Waals surface area contributed by atoms with Gasteiger partial charge in [0.15, 0.2) is 11.0 Å². The van der Waals surface area contributed by atoms with Gasteiger partial charge in [-0.25, -0.2) is 4.98 Å². The van der Waals surface area contributed by atoms with Gasteiger partial charge >= 0.3 is 5.97 Å². The highest BCUT2D eigenvalue weighted by atomic mass is 32.1. The minimum absolute atomic E-state index is 0.0704. The van der Waals surface area contributed by atoms with E-state index in [4.69, 9.17) is 4.74 Å². The average molecular weight is 438 g/mol. The normalized spacial score (nSPS) is 11.4. The van der Waals surface area contributed by atoms with Crippen molar-refractivity contribution >= 4 is 29.6 Å². The topological polar surface area (TPSA) is 95.1 Å². The molecule has 0 fully saturated rings. The van der Waals surface area contributed by atoms with Crippen LogP contribution >= 0.6 is 12.6 Å². The van der Waals surface area contributed by atoms with Crippen molar-refractivity contribution in [1.82, 2.24) is 24.3 Å². The third-order valence-corrected chi connectivity index (χ3v) is 5.39. The van der Waals surface area contributed by atoms with Crippen LogP contribution in [0.3, 0.4) is 0 Å². The van der Waals surface area contributed by atoms with Crippen LogP contribution in [0.15, 0.2) is 41.8 Å². The number of esters is 1. The summed E-state index contributed by atoms with van der Waals surface area (Å²) >= 11 is 4.49. The number of benzene rings is 2. The number of phenols is 1. The summed E-state index contributed by atoms with van der Waals surface area (Å²) in [4.78, 5) is 16.6. The fourth-order valence-corrected chi connectivity index (χ4v) is 3.63. The molecule has 8 nitrogen and oxygen atoms in total. The van der Waals surface area contributed by atoms with Gasteiger partial charge in [0.2, 0.25) is 0 Å². The zero-order valence-electron chi connectivity index (χ0n) is 17.7. The lowest BCUT2D eigenvalue weighted by molar-refractivity contribution is -0.137. The minimum Gasteiger partial charge on any atom is -0.507 e. The van der Waals surface area contributed by atoms with Gasteiger partial charge in [-0.05, 0) is 30.2 Å². The van der Waals surface area contributed by atoms with E-state index in [2.05, 4.69) is 27.8 Å². The van der Waals surface area contributed by atoms with E-state index in [0.717, 1.165) is 22.3 Å². The average Bonchev–Trinajstić information content (AvgIpc) is 3.31. The van der Waals surface area contributed by atoms with Crippen LogP contribution in [-0.4, -0.2) is 35.4 Å². The van der Waals surface area contributed by atoms with E-state index in [1.54, 1.807) is 30.8 Å². The largest absolute Gasteiger partial charge is 0.507 e. The second-order valence-corrected chi connectivity index (χ2v) is 7.97. The lowest BCUT2D eigenvalue weighted by Gasteiger charge is -2.15. The summed E-state index contributed by atoms with van der Waals surface area (Å²) in [6.07, 6.45) is 2.34. The summed E-state index contributed by atoms with van der Waals surface area (Å²) in [6, 6.07) is 9.01. The number of fused-ring (bicyclic) bond motifs is 1. The Hall–Kier alpha value is -3.33. The molecule has 1 N–H and O–H groups in total. The number of hydrogen-bond donors (Lipinski definition) is 2. The number of thiol groups is 1. The van der Waals surface area contributed by atoms with Gasteiger partial charge in [-0.15, -0.1) is 22.8 Å². The maximum atomic E-state index is 12.1. The number of rotatable bonds is 5. The highest BCUT2D eigenvalue weighted by Gasteiger charge is 2.22. The SMILES string of the molecule is CCc1cc(-c2nnc(S)n2-c2cccc3c2ncn3C)c(O)cc1OC(=O)C(C)C. The number of carbonyl (C=O) groups is 1. The second-order valence-electron chi connectivity index (χ2n) is 7.57. The molecular formula is C22H23N5O3S. The molecule has 2 aromatic carbocycles. The number of aromatic hydroxyl groups is 1. The van der Waals surface area contributed by atoms with Crippen LogP contribution in [0, 0.1) is 5.92 Å². The number of carbonyl (C=O) groups excluding carboxylic acids is 1. The van der Waals surface area contributed by atoms with Gasteiger partial charge in [-0.3, -0.25) is 9.36 Å². The molecule has 0 atom stereocenters. The van der Waals surface area contributed by atoms with Crippen LogP contribution in [0.4, 0.5) is 0 Å². The quantitative estimate of drug-likeness (QED) is 0.279. The van der Waals surface area contributed by atoms with Gasteiger partial charge in [-0.1, -0.05) is 26.8 Å². The minimum atomic E-state index is -0.357. The summed E-state index contributed by atoms with van der Waals surface area (Å²) in [7, 11) is 1.92. The number of ether oxygens (including phenoxy) is 1. The van der Waals surface area contributed by atoms with Gasteiger partial charge < -0.3 is 14.4 Å². The Labute approximate surface area is 184 Å². The number of phenolic OH excluding ortho intramolecular Hbond substituents is 1. The van der Waals surface area contributed by atoms with Crippen LogP contribution in [0.5, 0.6) is 11.5 Å². The third-order valence-electron chi connectivity index (χ3n) is 5.10. The van der Waals surface area contributed by atoms with Crippen LogP contribution < -0.4 is 4.74 Å². The maximum Gasteiger partial charge on any atom is 0.313 e. The first-order valence-electron chi connectivity index (χ1n) is 9.94. The van der Waals surface area contributed by atoms with Gasteiger partial charge in [0.05, 0.1) is 29.0 Å². The lowest BCUT2D eigenvalue weighted by Crippen LogP contribution is -2.15.